The van der Waals surface area contributed by atoms with Gasteiger partial charge in [0, 0.05) is 18.2 Å². The lowest BCUT2D eigenvalue weighted by Crippen LogP contribution is -2.30. The van der Waals surface area contributed by atoms with Crippen LogP contribution in [0.4, 0.5) is 5.69 Å². The lowest BCUT2D eigenvalue weighted by molar-refractivity contribution is -0.384. The molecule has 1 saturated carbocycles. The first-order chi connectivity index (χ1) is 8.61. The van der Waals surface area contributed by atoms with Crippen LogP contribution in [0.25, 0.3) is 0 Å². The van der Waals surface area contributed by atoms with E-state index in [0.29, 0.717) is 17.0 Å². The monoisotopic (exact) mass is 268 g/mol. The summed E-state index contributed by atoms with van der Waals surface area (Å²) in [6.45, 7) is 0. The van der Waals surface area contributed by atoms with Crippen LogP contribution in [0.2, 0.25) is 5.02 Å². The van der Waals surface area contributed by atoms with Crippen LogP contribution in [-0.2, 0) is 6.42 Å². The van der Waals surface area contributed by atoms with Gasteiger partial charge in [-0.3, -0.25) is 10.1 Å². The number of hydrogen-bond donors (Lipinski definition) is 1. The molecule has 1 fully saturated rings. The number of nitrogens with one attached hydrogen (secondary N) is 1. The fourth-order valence-electron chi connectivity index (χ4n) is 2.76. The van der Waals surface area contributed by atoms with Crippen molar-refractivity contribution in [2.24, 2.45) is 5.92 Å². The Balaban J connectivity index is 2.12. The lowest BCUT2D eigenvalue weighted by atomic mass is 9.94. The van der Waals surface area contributed by atoms with Gasteiger partial charge in [0.2, 0.25) is 0 Å². The summed E-state index contributed by atoms with van der Waals surface area (Å²) in [4.78, 5) is 10.2. The van der Waals surface area contributed by atoms with Crippen molar-refractivity contribution in [3.05, 3.63) is 38.9 Å². The first kappa shape index (κ1) is 13.3. The lowest BCUT2D eigenvalue weighted by Gasteiger charge is -2.19. The number of nitro benzene ring substituents is 1. The van der Waals surface area contributed by atoms with Gasteiger partial charge in [0.05, 0.1) is 9.95 Å². The molecule has 1 aromatic carbocycles. The highest BCUT2D eigenvalue weighted by Crippen LogP contribution is 2.32. The van der Waals surface area contributed by atoms with E-state index in [4.69, 9.17) is 11.6 Å². The molecule has 1 aliphatic rings. The van der Waals surface area contributed by atoms with Gasteiger partial charge in [-0.25, -0.2) is 0 Å². The summed E-state index contributed by atoms with van der Waals surface area (Å²) in [6.07, 6.45) is 4.52. The highest BCUT2D eigenvalue weighted by atomic mass is 35.5. The van der Waals surface area contributed by atoms with E-state index in [1.54, 1.807) is 6.07 Å². The Bertz CT molecular complexity index is 451. The van der Waals surface area contributed by atoms with E-state index in [-0.39, 0.29) is 5.69 Å². The maximum atomic E-state index is 10.6. The smallest absolute Gasteiger partial charge is 0.270 e. The van der Waals surface area contributed by atoms with Gasteiger partial charge in [0.15, 0.2) is 0 Å². The van der Waals surface area contributed by atoms with Crippen LogP contribution in [-0.4, -0.2) is 18.0 Å². The summed E-state index contributed by atoms with van der Waals surface area (Å²) in [7, 11) is 1.99. The SMILES string of the molecule is CNC1CCCC1Cc1ccc([N+](=O)[O-])cc1Cl. The number of benzene rings is 1. The van der Waals surface area contributed by atoms with Crippen molar-refractivity contribution in [1.29, 1.82) is 0 Å². The first-order valence-electron chi connectivity index (χ1n) is 6.22. The molecule has 1 N–H and O–H groups in total. The largest absolute Gasteiger partial charge is 0.317 e. The molecule has 0 spiro atoms. The van der Waals surface area contributed by atoms with Crippen molar-refractivity contribution < 1.29 is 4.92 Å². The summed E-state index contributed by atoms with van der Waals surface area (Å²) in [5.74, 6) is 0.578. The van der Waals surface area contributed by atoms with Gasteiger partial charge in [-0.05, 0) is 37.8 Å². The van der Waals surface area contributed by atoms with Gasteiger partial charge in [-0.15, -0.1) is 0 Å². The molecule has 0 amide bonds. The summed E-state index contributed by atoms with van der Waals surface area (Å²) in [5, 5.41) is 14.5. The Labute approximate surface area is 111 Å². The predicted molar refractivity (Wildman–Crippen MR) is 72.0 cm³/mol. The van der Waals surface area contributed by atoms with E-state index in [1.165, 1.54) is 31.4 Å². The number of nitrogens with zero attached hydrogens (tertiary/aromatic N) is 1. The summed E-state index contributed by atoms with van der Waals surface area (Å²) in [6, 6.07) is 5.30. The molecule has 98 valence electrons. The van der Waals surface area contributed by atoms with Crippen LogP contribution in [0.1, 0.15) is 24.8 Å². The summed E-state index contributed by atoms with van der Waals surface area (Å²) < 4.78 is 0. The molecule has 2 unspecified atom stereocenters. The van der Waals surface area contributed by atoms with Crippen molar-refractivity contribution >= 4 is 17.3 Å². The minimum absolute atomic E-state index is 0.0559. The first-order valence-corrected chi connectivity index (χ1v) is 6.59. The Morgan fingerprint density at radius 3 is 2.89 bits per heavy atom. The van der Waals surface area contributed by atoms with Crippen LogP contribution in [0, 0.1) is 16.0 Å². The van der Waals surface area contributed by atoms with E-state index in [0.717, 1.165) is 12.0 Å². The van der Waals surface area contributed by atoms with E-state index in [9.17, 15) is 10.1 Å². The van der Waals surface area contributed by atoms with Crippen molar-refractivity contribution in [3.8, 4) is 0 Å². The van der Waals surface area contributed by atoms with Crippen molar-refractivity contribution in [2.45, 2.75) is 31.7 Å². The third kappa shape index (κ3) is 2.82. The van der Waals surface area contributed by atoms with Crippen molar-refractivity contribution in [2.75, 3.05) is 7.05 Å². The van der Waals surface area contributed by atoms with Crippen LogP contribution in [0.5, 0.6) is 0 Å². The minimum atomic E-state index is -0.415. The second kappa shape index (κ2) is 5.67. The van der Waals surface area contributed by atoms with Crippen LogP contribution in [0.3, 0.4) is 0 Å². The summed E-state index contributed by atoms with van der Waals surface area (Å²) >= 11 is 6.12. The van der Waals surface area contributed by atoms with Gasteiger partial charge in [0.1, 0.15) is 0 Å². The Morgan fingerprint density at radius 2 is 2.28 bits per heavy atom. The molecular formula is C13H17ClN2O2. The predicted octanol–water partition coefficient (Wildman–Crippen LogP) is 3.18. The maximum absolute atomic E-state index is 10.6. The number of halogens is 1. The molecule has 1 aromatic rings. The number of nitro groups is 1. The zero-order valence-electron chi connectivity index (χ0n) is 10.4. The minimum Gasteiger partial charge on any atom is -0.317 e. The van der Waals surface area contributed by atoms with Gasteiger partial charge < -0.3 is 5.32 Å². The molecule has 0 bridgehead atoms. The molecule has 18 heavy (non-hydrogen) atoms. The third-order valence-electron chi connectivity index (χ3n) is 3.76. The highest BCUT2D eigenvalue weighted by molar-refractivity contribution is 6.31. The quantitative estimate of drug-likeness (QED) is 0.674. The highest BCUT2D eigenvalue weighted by Gasteiger charge is 2.26. The Hall–Kier alpha value is -1.13. The van der Waals surface area contributed by atoms with E-state index < -0.39 is 4.92 Å². The maximum Gasteiger partial charge on any atom is 0.270 e. The molecule has 0 saturated heterocycles. The molecule has 5 heteroatoms. The van der Waals surface area contributed by atoms with Gasteiger partial charge in [0.25, 0.3) is 5.69 Å². The van der Waals surface area contributed by atoms with Crippen molar-refractivity contribution in [1.82, 2.24) is 5.32 Å². The average molecular weight is 269 g/mol. The molecule has 1 aliphatic carbocycles. The molecule has 0 heterocycles. The normalized spacial score (nSPS) is 23.2. The molecule has 0 radical (unpaired) electrons. The molecule has 0 aromatic heterocycles. The third-order valence-corrected chi connectivity index (χ3v) is 4.11. The van der Waals surface area contributed by atoms with Crippen LogP contribution < -0.4 is 5.32 Å². The molecular weight excluding hydrogens is 252 g/mol. The fourth-order valence-corrected chi connectivity index (χ4v) is 3.01. The van der Waals surface area contributed by atoms with Gasteiger partial charge >= 0.3 is 0 Å². The fraction of sp³-hybridized carbons (Fsp3) is 0.538. The number of non-ortho nitro benzene ring substituents is 1. The second-order valence-corrected chi connectivity index (χ2v) is 5.23. The van der Waals surface area contributed by atoms with E-state index in [1.807, 2.05) is 7.05 Å². The molecule has 2 atom stereocenters. The topological polar surface area (TPSA) is 55.2 Å². The number of hydrogen-bond acceptors (Lipinski definition) is 3. The van der Waals surface area contributed by atoms with Gasteiger partial charge in [-0.1, -0.05) is 24.1 Å². The van der Waals surface area contributed by atoms with Gasteiger partial charge in [-0.2, -0.15) is 0 Å². The molecule has 4 nitrogen and oxygen atoms in total. The Kier molecular flexibility index (Phi) is 4.19. The molecule has 0 aliphatic heterocycles. The second-order valence-electron chi connectivity index (χ2n) is 4.82. The zero-order valence-corrected chi connectivity index (χ0v) is 11.1. The average Bonchev–Trinajstić information content (AvgIpc) is 2.78. The van der Waals surface area contributed by atoms with Crippen LogP contribution >= 0.6 is 11.6 Å². The van der Waals surface area contributed by atoms with Crippen LogP contribution in [0.15, 0.2) is 18.2 Å². The van der Waals surface area contributed by atoms with E-state index >= 15 is 0 Å². The van der Waals surface area contributed by atoms with E-state index in [2.05, 4.69) is 5.32 Å². The zero-order chi connectivity index (χ0) is 13.1. The van der Waals surface area contributed by atoms with Crippen molar-refractivity contribution in [3.63, 3.8) is 0 Å². The molecule has 2 rings (SSSR count). The Morgan fingerprint density at radius 1 is 1.50 bits per heavy atom. The standard InChI is InChI=1S/C13H17ClN2O2/c1-15-13-4-2-3-10(13)7-9-5-6-11(16(17)18)8-12(9)14/h5-6,8,10,13,15H,2-4,7H2,1H3. The number of rotatable bonds is 4. The summed E-state index contributed by atoms with van der Waals surface area (Å²) in [5.41, 5.74) is 1.06.